The molecule has 0 fully saturated rings. The van der Waals surface area contributed by atoms with E-state index in [1.54, 1.807) is 22.9 Å². The van der Waals surface area contributed by atoms with E-state index in [0.29, 0.717) is 11.6 Å². The number of rotatable bonds is 6. The molecule has 1 heterocycles. The maximum Gasteiger partial charge on any atom is 0.417 e. The number of hydrogen-bond donors (Lipinski definition) is 2. The van der Waals surface area contributed by atoms with Crippen molar-refractivity contribution in [3.8, 4) is 0 Å². The number of alkyl halides is 3. The van der Waals surface area contributed by atoms with Gasteiger partial charge in [0.25, 0.3) is 10.0 Å². The number of benzene rings is 2. The zero-order chi connectivity index (χ0) is 21.4. The number of carboxylic acids is 1. The minimum absolute atomic E-state index is 0.0670. The Morgan fingerprint density at radius 2 is 1.86 bits per heavy atom. The van der Waals surface area contributed by atoms with Gasteiger partial charge in [-0.25, -0.2) is 8.42 Å². The molecule has 0 aliphatic carbocycles. The topological polar surface area (TPSA) is 88.4 Å². The number of carboxylic acid groups (broad SMARTS) is 1. The summed E-state index contributed by atoms with van der Waals surface area (Å²) in [5.74, 6) is -1.66. The molecule has 1 aromatic heterocycles. The number of hydrogen-bond acceptors (Lipinski definition) is 3. The Labute approximate surface area is 164 Å². The average Bonchev–Trinajstić information content (AvgIpc) is 3.03. The van der Waals surface area contributed by atoms with Crippen molar-refractivity contribution in [2.45, 2.75) is 24.5 Å². The first-order valence-corrected chi connectivity index (χ1v) is 9.98. The largest absolute Gasteiger partial charge is 0.481 e. The van der Waals surface area contributed by atoms with Gasteiger partial charge in [-0.15, -0.1) is 0 Å². The lowest BCUT2D eigenvalue weighted by molar-refractivity contribution is -0.141. The molecule has 0 radical (unpaired) electrons. The van der Waals surface area contributed by atoms with Crippen molar-refractivity contribution < 1.29 is 31.5 Å². The van der Waals surface area contributed by atoms with Crippen molar-refractivity contribution in [2.24, 2.45) is 5.92 Å². The normalized spacial score (nSPS) is 13.4. The van der Waals surface area contributed by atoms with E-state index < -0.39 is 38.5 Å². The molecule has 0 spiro atoms. The summed E-state index contributed by atoms with van der Waals surface area (Å²) in [6, 6.07) is 10.2. The van der Waals surface area contributed by atoms with E-state index in [1.807, 2.05) is 0 Å². The summed E-state index contributed by atoms with van der Waals surface area (Å²) in [4.78, 5) is 10.2. The third kappa shape index (κ3) is 4.37. The van der Waals surface area contributed by atoms with Crippen LogP contribution in [0.25, 0.3) is 10.9 Å². The van der Waals surface area contributed by atoms with Crippen LogP contribution in [0.2, 0.25) is 0 Å². The summed E-state index contributed by atoms with van der Waals surface area (Å²) < 4.78 is 68.6. The third-order valence-corrected chi connectivity index (χ3v) is 5.84. The molecule has 0 saturated heterocycles. The van der Waals surface area contributed by atoms with Crippen LogP contribution in [0.1, 0.15) is 12.5 Å². The number of nitrogens with one attached hydrogen (secondary N) is 1. The Kier molecular flexibility index (Phi) is 5.31. The molecule has 0 bridgehead atoms. The van der Waals surface area contributed by atoms with Crippen LogP contribution < -0.4 is 4.72 Å². The summed E-state index contributed by atoms with van der Waals surface area (Å²) in [6.45, 7) is 1.70. The third-order valence-electron chi connectivity index (χ3n) is 4.40. The van der Waals surface area contributed by atoms with Gasteiger partial charge in [-0.1, -0.05) is 25.1 Å². The van der Waals surface area contributed by atoms with Crippen LogP contribution in [0.3, 0.4) is 0 Å². The van der Waals surface area contributed by atoms with Gasteiger partial charge >= 0.3 is 12.1 Å². The highest BCUT2D eigenvalue weighted by Crippen LogP contribution is 2.34. The number of nitrogens with zero attached hydrogens (tertiary/aromatic N) is 1. The van der Waals surface area contributed by atoms with Gasteiger partial charge in [-0.2, -0.15) is 13.2 Å². The fourth-order valence-corrected chi connectivity index (χ4v) is 4.20. The first-order valence-electron chi connectivity index (χ1n) is 8.50. The molecule has 2 N–H and O–H groups in total. The SMILES string of the molecule is CC(Cn1ccc2ccc(NS(=O)(=O)c3ccccc3C(F)(F)F)cc21)C(=O)O. The van der Waals surface area contributed by atoms with E-state index in [9.17, 15) is 26.4 Å². The van der Waals surface area contributed by atoms with E-state index in [1.165, 1.54) is 25.1 Å². The van der Waals surface area contributed by atoms with Gasteiger partial charge in [-0.05, 0) is 35.7 Å². The minimum atomic E-state index is -4.82. The minimum Gasteiger partial charge on any atom is -0.481 e. The highest BCUT2D eigenvalue weighted by molar-refractivity contribution is 7.92. The van der Waals surface area contributed by atoms with E-state index in [0.717, 1.165) is 17.5 Å². The number of anilines is 1. The standard InChI is InChI=1S/C19H17F3N2O4S/c1-12(18(25)26)11-24-9-8-13-6-7-14(10-16(13)24)23-29(27,28)17-5-3-2-4-15(17)19(20,21)22/h2-10,12,23H,11H2,1H3,(H,25,26). The molecule has 0 aliphatic rings. The molecule has 10 heteroatoms. The molecule has 154 valence electrons. The maximum atomic E-state index is 13.2. The molecule has 3 aromatic rings. The second-order valence-corrected chi connectivity index (χ2v) is 8.23. The highest BCUT2D eigenvalue weighted by Gasteiger charge is 2.36. The monoisotopic (exact) mass is 426 g/mol. The van der Waals surface area contributed by atoms with Gasteiger partial charge in [0.2, 0.25) is 0 Å². The Morgan fingerprint density at radius 1 is 1.17 bits per heavy atom. The van der Waals surface area contributed by atoms with Crippen LogP contribution in [-0.4, -0.2) is 24.1 Å². The predicted molar refractivity (Wildman–Crippen MR) is 101 cm³/mol. The van der Waals surface area contributed by atoms with E-state index in [2.05, 4.69) is 4.72 Å². The van der Waals surface area contributed by atoms with Crippen molar-refractivity contribution >= 4 is 32.6 Å². The molecule has 0 amide bonds. The Hall–Kier alpha value is -3.01. The first-order chi connectivity index (χ1) is 13.5. The fourth-order valence-electron chi connectivity index (χ4n) is 2.93. The maximum absolute atomic E-state index is 13.2. The van der Waals surface area contributed by atoms with Crippen molar-refractivity contribution in [3.63, 3.8) is 0 Å². The van der Waals surface area contributed by atoms with Crippen LogP contribution >= 0.6 is 0 Å². The summed E-state index contributed by atoms with van der Waals surface area (Å²) in [5, 5.41) is 9.82. The predicted octanol–water partition coefficient (Wildman–Crippen LogP) is 4.18. The van der Waals surface area contributed by atoms with Gasteiger partial charge in [0.1, 0.15) is 0 Å². The highest BCUT2D eigenvalue weighted by atomic mass is 32.2. The van der Waals surface area contributed by atoms with Crippen LogP contribution in [0.15, 0.2) is 59.6 Å². The quantitative estimate of drug-likeness (QED) is 0.619. The zero-order valence-electron chi connectivity index (χ0n) is 15.1. The Balaban J connectivity index is 1.97. The molecular weight excluding hydrogens is 409 g/mol. The summed E-state index contributed by atoms with van der Waals surface area (Å²) >= 11 is 0. The molecule has 1 unspecified atom stereocenters. The van der Waals surface area contributed by atoms with Crippen molar-refractivity contribution in [2.75, 3.05) is 4.72 Å². The van der Waals surface area contributed by atoms with Crippen molar-refractivity contribution in [1.82, 2.24) is 4.57 Å². The number of aliphatic carboxylic acids is 1. The van der Waals surface area contributed by atoms with Gasteiger partial charge in [0, 0.05) is 12.7 Å². The molecule has 0 aliphatic heterocycles. The molecule has 3 rings (SSSR count). The number of carbonyl (C=O) groups is 1. The average molecular weight is 426 g/mol. The number of halogens is 3. The number of fused-ring (bicyclic) bond motifs is 1. The Morgan fingerprint density at radius 3 is 2.52 bits per heavy atom. The lowest BCUT2D eigenvalue weighted by Crippen LogP contribution is -2.19. The van der Waals surface area contributed by atoms with Crippen LogP contribution in [-0.2, 0) is 27.5 Å². The van der Waals surface area contributed by atoms with Crippen LogP contribution in [0.5, 0.6) is 0 Å². The van der Waals surface area contributed by atoms with Gasteiger partial charge in [0.05, 0.1) is 27.6 Å². The van der Waals surface area contributed by atoms with E-state index in [-0.39, 0.29) is 12.2 Å². The second kappa shape index (κ2) is 7.43. The number of sulfonamides is 1. The first kappa shape index (κ1) is 20.7. The Bertz CT molecular complexity index is 1170. The number of aromatic nitrogens is 1. The van der Waals surface area contributed by atoms with Crippen molar-refractivity contribution in [1.29, 1.82) is 0 Å². The molecular formula is C19H17F3N2O4S. The smallest absolute Gasteiger partial charge is 0.417 e. The lowest BCUT2D eigenvalue weighted by Gasteiger charge is -2.15. The van der Waals surface area contributed by atoms with E-state index in [4.69, 9.17) is 5.11 Å². The molecule has 2 aromatic carbocycles. The molecule has 0 saturated carbocycles. The fraction of sp³-hybridized carbons (Fsp3) is 0.211. The van der Waals surface area contributed by atoms with Crippen LogP contribution in [0, 0.1) is 5.92 Å². The summed E-state index contributed by atoms with van der Waals surface area (Å²) in [5.41, 5.74) is -0.632. The summed E-state index contributed by atoms with van der Waals surface area (Å²) in [7, 11) is -4.50. The zero-order valence-corrected chi connectivity index (χ0v) is 16.0. The van der Waals surface area contributed by atoms with Gasteiger partial charge in [-0.3, -0.25) is 9.52 Å². The summed E-state index contributed by atoms with van der Waals surface area (Å²) in [6.07, 6.45) is -3.15. The second-order valence-electron chi connectivity index (χ2n) is 6.58. The molecule has 6 nitrogen and oxygen atoms in total. The molecule has 29 heavy (non-hydrogen) atoms. The van der Waals surface area contributed by atoms with Gasteiger partial charge in [0.15, 0.2) is 0 Å². The van der Waals surface area contributed by atoms with E-state index >= 15 is 0 Å². The lowest BCUT2D eigenvalue weighted by atomic mass is 10.2. The van der Waals surface area contributed by atoms with Crippen LogP contribution in [0.4, 0.5) is 18.9 Å². The van der Waals surface area contributed by atoms with Gasteiger partial charge < -0.3 is 9.67 Å². The van der Waals surface area contributed by atoms with Crippen molar-refractivity contribution in [3.05, 3.63) is 60.3 Å². The molecule has 1 atom stereocenters.